The quantitative estimate of drug-likeness (QED) is 0.553. The van der Waals surface area contributed by atoms with E-state index in [2.05, 4.69) is 49.7 Å². The first-order valence-electron chi connectivity index (χ1n) is 6.88. The molecule has 0 aromatic carbocycles. The van der Waals surface area contributed by atoms with Crippen molar-refractivity contribution in [3.63, 3.8) is 0 Å². The summed E-state index contributed by atoms with van der Waals surface area (Å²) in [4.78, 5) is 0. The first-order valence-corrected chi connectivity index (χ1v) is 8.98. The van der Waals surface area contributed by atoms with E-state index in [0.29, 0.717) is 11.3 Å². The van der Waals surface area contributed by atoms with Gasteiger partial charge in [-0.05, 0) is 18.8 Å². The highest BCUT2D eigenvalue weighted by Crippen LogP contribution is 2.36. The van der Waals surface area contributed by atoms with Crippen LogP contribution in [-0.4, -0.2) is 28.0 Å². The number of hydrazine groups is 1. The summed E-state index contributed by atoms with van der Waals surface area (Å²) >= 11 is 4.26. The van der Waals surface area contributed by atoms with Crippen LogP contribution in [0.1, 0.15) is 46.5 Å². The van der Waals surface area contributed by atoms with Gasteiger partial charge in [-0.1, -0.05) is 33.6 Å². The zero-order valence-electron chi connectivity index (χ0n) is 11.4. The van der Waals surface area contributed by atoms with Crippen LogP contribution in [0.4, 0.5) is 0 Å². The minimum absolute atomic E-state index is 0.497. The Labute approximate surface area is 115 Å². The summed E-state index contributed by atoms with van der Waals surface area (Å²) in [6, 6.07) is 0.497. The van der Waals surface area contributed by atoms with Crippen LogP contribution in [0.3, 0.4) is 0 Å². The lowest BCUT2D eigenvalue weighted by atomic mass is 9.99. The Balaban J connectivity index is 2.40. The Morgan fingerprint density at radius 2 is 1.94 bits per heavy atom. The first kappa shape index (κ1) is 15.7. The van der Waals surface area contributed by atoms with E-state index in [1.54, 1.807) is 0 Å². The van der Waals surface area contributed by atoms with Crippen molar-refractivity contribution in [1.29, 1.82) is 0 Å². The molecule has 1 saturated heterocycles. The molecule has 0 bridgehead atoms. The van der Waals surface area contributed by atoms with Crippen LogP contribution >= 0.6 is 23.5 Å². The molecule has 4 heteroatoms. The van der Waals surface area contributed by atoms with Gasteiger partial charge >= 0.3 is 0 Å². The van der Waals surface area contributed by atoms with E-state index in [9.17, 15) is 0 Å². The number of rotatable bonds is 7. The second-order valence-electron chi connectivity index (χ2n) is 5.25. The molecule has 0 aromatic heterocycles. The predicted octanol–water partition coefficient (Wildman–Crippen LogP) is 3.27. The lowest BCUT2D eigenvalue weighted by molar-refractivity contribution is 0.425. The third-order valence-electron chi connectivity index (χ3n) is 3.40. The van der Waals surface area contributed by atoms with Gasteiger partial charge in [0, 0.05) is 28.0 Å². The predicted molar refractivity (Wildman–Crippen MR) is 82.6 cm³/mol. The molecule has 2 nitrogen and oxygen atoms in total. The summed E-state index contributed by atoms with van der Waals surface area (Å²) in [5, 5.41) is 1.49. The monoisotopic (exact) mass is 276 g/mol. The molecule has 3 N–H and O–H groups in total. The van der Waals surface area contributed by atoms with Crippen molar-refractivity contribution < 1.29 is 0 Å². The molecule has 102 valence electrons. The van der Waals surface area contributed by atoms with Crippen molar-refractivity contribution in [1.82, 2.24) is 5.43 Å². The smallest absolute Gasteiger partial charge is 0.0340 e. The van der Waals surface area contributed by atoms with Crippen LogP contribution in [0.25, 0.3) is 0 Å². The van der Waals surface area contributed by atoms with Crippen molar-refractivity contribution in [2.75, 3.05) is 11.5 Å². The van der Waals surface area contributed by atoms with Crippen molar-refractivity contribution in [2.45, 2.75) is 63.0 Å². The maximum absolute atomic E-state index is 5.76. The summed E-state index contributed by atoms with van der Waals surface area (Å²) in [6.45, 7) is 6.90. The maximum Gasteiger partial charge on any atom is 0.0340 e. The first-order chi connectivity index (χ1) is 8.19. The molecule has 0 aliphatic carbocycles. The summed E-state index contributed by atoms with van der Waals surface area (Å²) in [5.74, 6) is 9.17. The van der Waals surface area contributed by atoms with Crippen LogP contribution in [0.2, 0.25) is 0 Å². The zero-order valence-corrected chi connectivity index (χ0v) is 13.1. The molecule has 17 heavy (non-hydrogen) atoms. The number of hydrogen-bond acceptors (Lipinski definition) is 4. The van der Waals surface area contributed by atoms with Gasteiger partial charge in [0.05, 0.1) is 0 Å². The zero-order chi connectivity index (χ0) is 12.7. The third kappa shape index (κ3) is 5.41. The fourth-order valence-corrected chi connectivity index (χ4v) is 5.68. The number of nitrogens with two attached hydrogens (primary N) is 1. The highest BCUT2D eigenvalue weighted by atomic mass is 32.2. The van der Waals surface area contributed by atoms with Gasteiger partial charge in [0.15, 0.2) is 0 Å². The van der Waals surface area contributed by atoms with E-state index in [1.165, 1.54) is 37.2 Å². The Morgan fingerprint density at radius 1 is 1.24 bits per heavy atom. The third-order valence-corrected chi connectivity index (χ3v) is 6.81. The normalized spacial score (nSPS) is 27.4. The van der Waals surface area contributed by atoms with Crippen LogP contribution in [0.15, 0.2) is 0 Å². The van der Waals surface area contributed by atoms with Crippen LogP contribution in [0, 0.1) is 5.92 Å². The average molecular weight is 277 g/mol. The standard InChI is InChI=1S/C13H28N2S2/c1-4-12-13(17-9-8-16-12)11(15-14)7-5-6-10(2)3/h10-13,15H,4-9,14H2,1-3H3. The van der Waals surface area contributed by atoms with E-state index >= 15 is 0 Å². The molecule has 0 radical (unpaired) electrons. The van der Waals surface area contributed by atoms with Gasteiger partial charge < -0.3 is 0 Å². The fourth-order valence-electron chi connectivity index (χ4n) is 2.40. The summed E-state index contributed by atoms with van der Waals surface area (Å²) in [5.41, 5.74) is 3.08. The second kappa shape index (κ2) is 8.68. The molecule has 1 aliphatic heterocycles. The Hall–Kier alpha value is 0.620. The van der Waals surface area contributed by atoms with Gasteiger partial charge in [-0.3, -0.25) is 11.3 Å². The van der Waals surface area contributed by atoms with E-state index in [0.717, 1.165) is 11.2 Å². The highest BCUT2D eigenvalue weighted by molar-refractivity contribution is 8.07. The molecule has 0 spiro atoms. The van der Waals surface area contributed by atoms with Gasteiger partial charge in [0.25, 0.3) is 0 Å². The van der Waals surface area contributed by atoms with Crippen LogP contribution < -0.4 is 11.3 Å². The van der Waals surface area contributed by atoms with Crippen molar-refractivity contribution in [2.24, 2.45) is 11.8 Å². The van der Waals surface area contributed by atoms with Crippen LogP contribution in [0.5, 0.6) is 0 Å². The Kier molecular flexibility index (Phi) is 8.00. The summed E-state index contributed by atoms with van der Waals surface area (Å²) < 4.78 is 0. The Morgan fingerprint density at radius 3 is 2.53 bits per heavy atom. The van der Waals surface area contributed by atoms with Crippen LogP contribution in [-0.2, 0) is 0 Å². The molecule has 0 saturated carbocycles. The minimum atomic E-state index is 0.497. The van der Waals surface area contributed by atoms with Crippen molar-refractivity contribution in [3.05, 3.63) is 0 Å². The molecule has 0 amide bonds. The Bertz CT molecular complexity index is 200. The minimum Gasteiger partial charge on any atom is -0.271 e. The molecule has 1 rings (SSSR count). The van der Waals surface area contributed by atoms with Gasteiger partial charge in [-0.25, -0.2) is 0 Å². The lowest BCUT2D eigenvalue weighted by Gasteiger charge is -2.35. The maximum atomic E-state index is 5.76. The SMILES string of the molecule is CCC1SCCSC1C(CCCC(C)C)NN. The number of hydrogen-bond donors (Lipinski definition) is 2. The van der Waals surface area contributed by atoms with Crippen molar-refractivity contribution in [3.8, 4) is 0 Å². The lowest BCUT2D eigenvalue weighted by Crippen LogP contribution is -2.48. The molecule has 3 atom stereocenters. The van der Waals surface area contributed by atoms with Gasteiger partial charge in [0.2, 0.25) is 0 Å². The van der Waals surface area contributed by atoms with Crippen molar-refractivity contribution >= 4 is 23.5 Å². The fraction of sp³-hybridized carbons (Fsp3) is 1.00. The molecule has 3 unspecified atom stereocenters. The second-order valence-corrected chi connectivity index (χ2v) is 7.88. The van der Waals surface area contributed by atoms with E-state index in [1.807, 2.05) is 0 Å². The van der Waals surface area contributed by atoms with E-state index < -0.39 is 0 Å². The summed E-state index contributed by atoms with van der Waals surface area (Å²) in [7, 11) is 0. The molecule has 1 heterocycles. The molecule has 1 fully saturated rings. The molecular weight excluding hydrogens is 248 g/mol. The number of nitrogens with one attached hydrogen (secondary N) is 1. The van der Waals surface area contributed by atoms with Gasteiger partial charge in [0.1, 0.15) is 0 Å². The summed E-state index contributed by atoms with van der Waals surface area (Å²) in [6.07, 6.45) is 5.11. The largest absolute Gasteiger partial charge is 0.271 e. The van der Waals surface area contributed by atoms with Gasteiger partial charge in [-0.2, -0.15) is 23.5 Å². The molecule has 1 aliphatic rings. The highest BCUT2D eigenvalue weighted by Gasteiger charge is 2.31. The molecule has 0 aromatic rings. The molecular formula is C13H28N2S2. The van der Waals surface area contributed by atoms with Gasteiger partial charge in [-0.15, -0.1) is 0 Å². The number of thioether (sulfide) groups is 2. The van der Waals surface area contributed by atoms with E-state index in [4.69, 9.17) is 5.84 Å². The van der Waals surface area contributed by atoms with E-state index in [-0.39, 0.29) is 0 Å². The average Bonchev–Trinajstić information content (AvgIpc) is 2.34. The topological polar surface area (TPSA) is 38.0 Å².